The summed E-state index contributed by atoms with van der Waals surface area (Å²) in [4.78, 5) is 0. The monoisotopic (exact) mass is 186 g/mol. The zero-order valence-electron chi connectivity index (χ0n) is 6.00. The van der Waals surface area contributed by atoms with Crippen LogP contribution in [0.1, 0.15) is 13.3 Å². The maximum atomic E-state index is 10.3. The van der Waals surface area contributed by atoms with Crippen LogP contribution in [0.5, 0.6) is 0 Å². The molecule has 5 heteroatoms. The SMILES string of the molecule is CC(Cl)CCOS(C)(=O)=O. The van der Waals surface area contributed by atoms with Gasteiger partial charge < -0.3 is 0 Å². The fourth-order valence-corrected chi connectivity index (χ4v) is 0.850. The lowest BCUT2D eigenvalue weighted by molar-refractivity contribution is 0.315. The molecule has 0 N–H and O–H groups in total. The van der Waals surface area contributed by atoms with E-state index >= 15 is 0 Å². The third-order valence-corrected chi connectivity index (χ3v) is 1.63. The van der Waals surface area contributed by atoms with Gasteiger partial charge in [0.15, 0.2) is 0 Å². The molecular formula is C5H11ClO3S. The molecule has 0 saturated heterocycles. The van der Waals surface area contributed by atoms with Gasteiger partial charge in [0.1, 0.15) is 0 Å². The first-order valence-corrected chi connectivity index (χ1v) is 5.15. The predicted octanol–water partition coefficient (Wildman–Crippen LogP) is 0.980. The second-order valence-corrected chi connectivity index (χ2v) is 4.48. The Kier molecular flexibility index (Phi) is 4.24. The third kappa shape index (κ3) is 8.20. The van der Waals surface area contributed by atoms with Crippen molar-refractivity contribution >= 4 is 21.7 Å². The van der Waals surface area contributed by atoms with Gasteiger partial charge in [-0.1, -0.05) is 0 Å². The molecule has 62 valence electrons. The van der Waals surface area contributed by atoms with Gasteiger partial charge in [0, 0.05) is 5.38 Å². The first-order chi connectivity index (χ1) is 4.42. The topological polar surface area (TPSA) is 43.4 Å². The Labute approximate surface area is 66.5 Å². The van der Waals surface area contributed by atoms with Gasteiger partial charge in [0.25, 0.3) is 10.1 Å². The van der Waals surface area contributed by atoms with Crippen LogP contribution in [0.3, 0.4) is 0 Å². The molecule has 0 amide bonds. The van der Waals surface area contributed by atoms with Gasteiger partial charge in [-0.25, -0.2) is 0 Å². The van der Waals surface area contributed by atoms with Crippen LogP contribution >= 0.6 is 11.6 Å². The van der Waals surface area contributed by atoms with Gasteiger partial charge in [-0.05, 0) is 13.3 Å². The lowest BCUT2D eigenvalue weighted by atomic mass is 10.4. The highest BCUT2D eigenvalue weighted by Gasteiger charge is 2.02. The second kappa shape index (κ2) is 4.16. The summed E-state index contributed by atoms with van der Waals surface area (Å²) >= 11 is 5.53. The van der Waals surface area contributed by atoms with Crippen molar-refractivity contribution in [2.75, 3.05) is 12.9 Å². The van der Waals surface area contributed by atoms with E-state index in [2.05, 4.69) is 4.18 Å². The predicted molar refractivity (Wildman–Crippen MR) is 40.7 cm³/mol. The number of hydrogen-bond donors (Lipinski definition) is 0. The van der Waals surface area contributed by atoms with Gasteiger partial charge >= 0.3 is 0 Å². The van der Waals surface area contributed by atoms with Crippen molar-refractivity contribution < 1.29 is 12.6 Å². The van der Waals surface area contributed by atoms with Crippen molar-refractivity contribution in [2.24, 2.45) is 0 Å². The summed E-state index contributed by atoms with van der Waals surface area (Å²) in [6.07, 6.45) is 1.57. The fourth-order valence-electron chi connectivity index (χ4n) is 0.362. The standard InChI is InChI=1S/C5H11ClO3S/c1-5(6)3-4-9-10(2,7)8/h5H,3-4H2,1-2H3. The Balaban J connectivity index is 3.39. The Bertz CT molecular complexity index is 173. The molecule has 0 aliphatic heterocycles. The molecule has 0 heterocycles. The zero-order valence-corrected chi connectivity index (χ0v) is 7.57. The lowest BCUT2D eigenvalue weighted by Crippen LogP contribution is -2.06. The van der Waals surface area contributed by atoms with Crippen molar-refractivity contribution in [2.45, 2.75) is 18.7 Å². The van der Waals surface area contributed by atoms with E-state index in [-0.39, 0.29) is 12.0 Å². The van der Waals surface area contributed by atoms with Crippen LogP contribution in [0.25, 0.3) is 0 Å². The molecule has 1 unspecified atom stereocenters. The molecule has 0 spiro atoms. The Hall–Kier alpha value is 0.200. The normalized spacial score (nSPS) is 15.1. The smallest absolute Gasteiger partial charge is 0.264 e. The summed E-state index contributed by atoms with van der Waals surface area (Å²) in [5.74, 6) is 0. The molecule has 0 aromatic rings. The highest BCUT2D eigenvalue weighted by molar-refractivity contribution is 7.85. The average molecular weight is 187 g/mol. The third-order valence-electron chi connectivity index (χ3n) is 0.813. The van der Waals surface area contributed by atoms with E-state index in [4.69, 9.17) is 11.6 Å². The quantitative estimate of drug-likeness (QED) is 0.486. The maximum absolute atomic E-state index is 10.3. The van der Waals surface area contributed by atoms with E-state index in [1.807, 2.05) is 0 Å². The van der Waals surface area contributed by atoms with E-state index in [1.54, 1.807) is 6.92 Å². The summed E-state index contributed by atoms with van der Waals surface area (Å²) in [5, 5.41) is -0.0400. The van der Waals surface area contributed by atoms with Gasteiger partial charge in [0.05, 0.1) is 12.9 Å². The Morgan fingerprint density at radius 1 is 1.60 bits per heavy atom. The van der Waals surface area contributed by atoms with E-state index in [9.17, 15) is 8.42 Å². The van der Waals surface area contributed by atoms with E-state index in [0.29, 0.717) is 6.42 Å². The molecule has 0 aromatic carbocycles. The van der Waals surface area contributed by atoms with Crippen LogP contribution in [0.2, 0.25) is 0 Å². The molecule has 1 atom stereocenters. The van der Waals surface area contributed by atoms with Crippen molar-refractivity contribution in [3.63, 3.8) is 0 Å². The minimum absolute atomic E-state index is 0.0400. The van der Waals surface area contributed by atoms with E-state index in [1.165, 1.54) is 0 Å². The second-order valence-electron chi connectivity index (χ2n) is 2.10. The average Bonchev–Trinajstić information content (AvgIpc) is 1.59. The Morgan fingerprint density at radius 2 is 2.10 bits per heavy atom. The van der Waals surface area contributed by atoms with Crippen molar-refractivity contribution in [3.05, 3.63) is 0 Å². The van der Waals surface area contributed by atoms with Gasteiger partial charge in [-0.3, -0.25) is 4.18 Å². The lowest BCUT2D eigenvalue weighted by Gasteiger charge is -2.01. The number of rotatable bonds is 4. The molecule has 0 saturated carbocycles. The highest BCUT2D eigenvalue weighted by Crippen LogP contribution is 2.00. The first-order valence-electron chi connectivity index (χ1n) is 2.90. The van der Waals surface area contributed by atoms with E-state index in [0.717, 1.165) is 6.26 Å². The van der Waals surface area contributed by atoms with Crippen LogP contribution < -0.4 is 0 Å². The van der Waals surface area contributed by atoms with Crippen LogP contribution in [0.4, 0.5) is 0 Å². The molecule has 10 heavy (non-hydrogen) atoms. The number of halogens is 1. The van der Waals surface area contributed by atoms with Gasteiger partial charge in [-0.15, -0.1) is 11.6 Å². The summed E-state index contributed by atoms with van der Waals surface area (Å²) in [6, 6.07) is 0. The summed E-state index contributed by atoms with van der Waals surface area (Å²) < 4.78 is 25.1. The van der Waals surface area contributed by atoms with Crippen molar-refractivity contribution in [1.29, 1.82) is 0 Å². The Morgan fingerprint density at radius 3 is 2.40 bits per heavy atom. The number of hydrogen-bond acceptors (Lipinski definition) is 3. The molecule has 0 aromatic heterocycles. The molecule has 0 fully saturated rings. The minimum Gasteiger partial charge on any atom is -0.270 e. The summed E-state index contributed by atoms with van der Waals surface area (Å²) in [5.41, 5.74) is 0. The first kappa shape index (κ1) is 10.2. The summed E-state index contributed by atoms with van der Waals surface area (Å²) in [6.45, 7) is 1.96. The van der Waals surface area contributed by atoms with Gasteiger partial charge in [-0.2, -0.15) is 8.42 Å². The van der Waals surface area contributed by atoms with Crippen LogP contribution in [0.15, 0.2) is 0 Å². The minimum atomic E-state index is -3.28. The van der Waals surface area contributed by atoms with Crippen molar-refractivity contribution in [1.82, 2.24) is 0 Å². The van der Waals surface area contributed by atoms with Crippen LogP contribution in [-0.2, 0) is 14.3 Å². The summed E-state index contributed by atoms with van der Waals surface area (Å²) in [7, 11) is -3.28. The maximum Gasteiger partial charge on any atom is 0.264 e. The van der Waals surface area contributed by atoms with Crippen LogP contribution in [-0.4, -0.2) is 26.7 Å². The van der Waals surface area contributed by atoms with Gasteiger partial charge in [0.2, 0.25) is 0 Å². The molecule has 0 aliphatic rings. The van der Waals surface area contributed by atoms with E-state index < -0.39 is 10.1 Å². The molecular weight excluding hydrogens is 176 g/mol. The molecule has 0 radical (unpaired) electrons. The molecule has 0 aliphatic carbocycles. The highest BCUT2D eigenvalue weighted by atomic mass is 35.5. The largest absolute Gasteiger partial charge is 0.270 e. The fraction of sp³-hybridized carbons (Fsp3) is 1.00. The molecule has 0 bridgehead atoms. The molecule has 0 rings (SSSR count). The zero-order chi connectivity index (χ0) is 8.20. The van der Waals surface area contributed by atoms with Crippen molar-refractivity contribution in [3.8, 4) is 0 Å². The van der Waals surface area contributed by atoms with Crippen LogP contribution in [0, 0.1) is 0 Å². The number of alkyl halides is 1. The molecule has 3 nitrogen and oxygen atoms in total.